The average Bonchev–Trinajstić information content (AvgIpc) is 2.82. The van der Waals surface area contributed by atoms with Crippen LogP contribution in [0, 0.1) is 6.92 Å². The van der Waals surface area contributed by atoms with Gasteiger partial charge in [-0.1, -0.05) is 54.1 Å². The number of para-hydroxylation sites is 2. The maximum atomic E-state index is 13.5. The number of rotatable bonds is 7. The van der Waals surface area contributed by atoms with Gasteiger partial charge in [-0.3, -0.25) is 9.10 Å². The van der Waals surface area contributed by atoms with E-state index in [2.05, 4.69) is 10.3 Å². The van der Waals surface area contributed by atoms with Gasteiger partial charge in [-0.15, -0.1) is 0 Å². The molecule has 0 fully saturated rings. The summed E-state index contributed by atoms with van der Waals surface area (Å²) >= 11 is 0. The molecular formula is C25H23N3O4S. The van der Waals surface area contributed by atoms with E-state index in [9.17, 15) is 13.2 Å². The monoisotopic (exact) mass is 461 g/mol. The largest absolute Gasteiger partial charge is 0.495 e. The minimum absolute atomic E-state index is 0.0793. The summed E-state index contributed by atoms with van der Waals surface area (Å²) in [7, 11) is -2.60. The van der Waals surface area contributed by atoms with Crippen molar-refractivity contribution < 1.29 is 17.9 Å². The Morgan fingerprint density at radius 1 is 0.970 bits per heavy atom. The number of carbonyl (C=O) groups is 1. The fourth-order valence-corrected chi connectivity index (χ4v) is 4.87. The molecule has 1 amide bonds. The fourth-order valence-electron chi connectivity index (χ4n) is 3.44. The van der Waals surface area contributed by atoms with E-state index in [0.717, 1.165) is 20.6 Å². The van der Waals surface area contributed by atoms with Crippen LogP contribution in [-0.4, -0.2) is 33.0 Å². The molecule has 1 aromatic heterocycles. The molecule has 4 rings (SSSR count). The molecule has 0 radical (unpaired) electrons. The van der Waals surface area contributed by atoms with Crippen molar-refractivity contribution in [1.82, 2.24) is 4.98 Å². The van der Waals surface area contributed by atoms with Crippen molar-refractivity contribution in [2.24, 2.45) is 0 Å². The van der Waals surface area contributed by atoms with Crippen molar-refractivity contribution in [2.75, 3.05) is 23.3 Å². The number of pyridine rings is 1. The molecular weight excluding hydrogens is 438 g/mol. The molecule has 0 aliphatic rings. The van der Waals surface area contributed by atoms with E-state index in [0.29, 0.717) is 11.6 Å². The summed E-state index contributed by atoms with van der Waals surface area (Å²) < 4.78 is 33.5. The first-order valence-corrected chi connectivity index (χ1v) is 11.7. The number of aryl methyl sites for hydroxylation is 1. The van der Waals surface area contributed by atoms with Crippen LogP contribution in [0.1, 0.15) is 5.56 Å². The van der Waals surface area contributed by atoms with E-state index in [1.165, 1.54) is 19.2 Å². The Hall–Kier alpha value is -3.91. The minimum Gasteiger partial charge on any atom is -0.495 e. The molecule has 0 saturated carbocycles. The lowest BCUT2D eigenvalue weighted by Gasteiger charge is -2.25. The molecule has 0 unspecified atom stereocenters. The van der Waals surface area contributed by atoms with Gasteiger partial charge in [0.1, 0.15) is 18.1 Å². The zero-order valence-electron chi connectivity index (χ0n) is 18.2. The number of fused-ring (bicyclic) bond motifs is 1. The summed E-state index contributed by atoms with van der Waals surface area (Å²) in [6.45, 7) is 1.42. The zero-order valence-corrected chi connectivity index (χ0v) is 19.0. The number of aromatic nitrogens is 1. The van der Waals surface area contributed by atoms with Gasteiger partial charge in [0.2, 0.25) is 5.91 Å². The van der Waals surface area contributed by atoms with Crippen molar-refractivity contribution in [1.29, 1.82) is 0 Å². The first-order valence-electron chi connectivity index (χ1n) is 10.3. The highest BCUT2D eigenvalue weighted by molar-refractivity contribution is 7.92. The molecule has 1 heterocycles. The number of sulfonamides is 1. The Morgan fingerprint density at radius 2 is 1.64 bits per heavy atom. The van der Waals surface area contributed by atoms with Gasteiger partial charge in [0.05, 0.1) is 17.7 Å². The molecule has 8 heteroatoms. The summed E-state index contributed by atoms with van der Waals surface area (Å²) in [6, 6.07) is 22.5. The molecule has 1 N–H and O–H groups in total. The Labute approximate surface area is 192 Å². The van der Waals surface area contributed by atoms with Crippen LogP contribution >= 0.6 is 0 Å². The predicted octanol–water partition coefficient (Wildman–Crippen LogP) is 4.39. The number of nitrogens with one attached hydrogen (secondary N) is 1. The molecule has 0 aliphatic heterocycles. The van der Waals surface area contributed by atoms with Gasteiger partial charge in [-0.2, -0.15) is 0 Å². The first kappa shape index (κ1) is 22.3. The van der Waals surface area contributed by atoms with Gasteiger partial charge in [0.25, 0.3) is 10.0 Å². The van der Waals surface area contributed by atoms with E-state index >= 15 is 0 Å². The number of amides is 1. The third-order valence-electron chi connectivity index (χ3n) is 5.15. The number of methoxy groups -OCH3 is 1. The maximum Gasteiger partial charge on any atom is 0.264 e. The third kappa shape index (κ3) is 4.80. The van der Waals surface area contributed by atoms with E-state index in [4.69, 9.17) is 4.74 Å². The summed E-state index contributed by atoms with van der Waals surface area (Å²) in [6.07, 6.45) is 1.66. The molecule has 0 atom stereocenters. The van der Waals surface area contributed by atoms with E-state index in [-0.39, 0.29) is 10.6 Å². The topological polar surface area (TPSA) is 88.6 Å². The van der Waals surface area contributed by atoms with Crippen LogP contribution in [0.3, 0.4) is 0 Å². The Kier molecular flexibility index (Phi) is 6.28. The van der Waals surface area contributed by atoms with E-state index in [1.807, 2.05) is 31.2 Å². The second-order valence-corrected chi connectivity index (χ2v) is 9.32. The van der Waals surface area contributed by atoms with Gasteiger partial charge in [-0.05, 0) is 42.6 Å². The van der Waals surface area contributed by atoms with E-state index in [1.54, 1.807) is 48.7 Å². The summed E-state index contributed by atoms with van der Waals surface area (Å²) in [5.41, 5.74) is 1.19. The molecule has 0 bridgehead atoms. The van der Waals surface area contributed by atoms with Gasteiger partial charge >= 0.3 is 0 Å². The highest BCUT2D eigenvalue weighted by Crippen LogP contribution is 2.32. The van der Waals surface area contributed by atoms with Crippen LogP contribution in [0.4, 0.5) is 11.5 Å². The summed E-state index contributed by atoms with van der Waals surface area (Å²) in [5.74, 6) is 0.149. The third-order valence-corrected chi connectivity index (χ3v) is 6.92. The van der Waals surface area contributed by atoms with Gasteiger partial charge < -0.3 is 10.1 Å². The lowest BCUT2D eigenvalue weighted by Crippen LogP contribution is -2.38. The van der Waals surface area contributed by atoms with Gasteiger partial charge in [0.15, 0.2) is 0 Å². The number of hydrogen-bond acceptors (Lipinski definition) is 5. The number of anilines is 2. The van der Waals surface area contributed by atoms with Crippen molar-refractivity contribution in [3.63, 3.8) is 0 Å². The average molecular weight is 462 g/mol. The lowest BCUT2D eigenvalue weighted by atomic mass is 10.2. The van der Waals surface area contributed by atoms with Crippen LogP contribution in [0.15, 0.2) is 90.0 Å². The van der Waals surface area contributed by atoms with Crippen molar-refractivity contribution in [3.05, 3.63) is 90.6 Å². The molecule has 4 aromatic rings. The standard InChI is InChI=1S/C25H23N3O4S/c1-18-11-13-21(14-12-18)33(30,31)28(22-9-5-6-10-23(22)32-2)17-25(29)27-24-15-19-7-3-4-8-20(19)16-26-24/h3-16H,17H2,1-2H3,(H,26,27,29). The van der Waals surface area contributed by atoms with Crippen molar-refractivity contribution >= 4 is 38.2 Å². The first-order chi connectivity index (χ1) is 15.9. The molecule has 0 saturated heterocycles. The summed E-state index contributed by atoms with van der Waals surface area (Å²) in [5, 5.41) is 4.56. The second kappa shape index (κ2) is 9.30. The quantitative estimate of drug-likeness (QED) is 0.441. The summed E-state index contributed by atoms with van der Waals surface area (Å²) in [4.78, 5) is 17.3. The Morgan fingerprint density at radius 3 is 2.36 bits per heavy atom. The molecule has 7 nitrogen and oxygen atoms in total. The molecule has 3 aromatic carbocycles. The molecule has 168 valence electrons. The van der Waals surface area contributed by atoms with Crippen LogP contribution in [0.2, 0.25) is 0 Å². The highest BCUT2D eigenvalue weighted by atomic mass is 32.2. The molecule has 0 spiro atoms. The fraction of sp³-hybridized carbons (Fsp3) is 0.120. The van der Waals surface area contributed by atoms with E-state index < -0.39 is 22.5 Å². The van der Waals surface area contributed by atoms with Gasteiger partial charge in [-0.25, -0.2) is 13.4 Å². The number of benzene rings is 3. The van der Waals surface area contributed by atoms with Crippen LogP contribution < -0.4 is 14.4 Å². The Bertz CT molecular complexity index is 1400. The normalized spacial score (nSPS) is 11.2. The predicted molar refractivity (Wildman–Crippen MR) is 129 cm³/mol. The number of ether oxygens (including phenoxy) is 1. The van der Waals surface area contributed by atoms with Crippen molar-refractivity contribution in [3.8, 4) is 5.75 Å². The highest BCUT2D eigenvalue weighted by Gasteiger charge is 2.29. The van der Waals surface area contributed by atoms with Crippen LogP contribution in [0.25, 0.3) is 10.8 Å². The van der Waals surface area contributed by atoms with Crippen LogP contribution in [-0.2, 0) is 14.8 Å². The minimum atomic E-state index is -4.05. The number of carbonyl (C=O) groups excluding carboxylic acids is 1. The second-order valence-electron chi connectivity index (χ2n) is 7.46. The number of nitrogens with zero attached hydrogens (tertiary/aromatic N) is 2. The maximum absolute atomic E-state index is 13.5. The molecule has 0 aliphatic carbocycles. The smallest absolute Gasteiger partial charge is 0.264 e. The Balaban J connectivity index is 1.68. The van der Waals surface area contributed by atoms with Crippen LogP contribution in [0.5, 0.6) is 5.75 Å². The van der Waals surface area contributed by atoms with Gasteiger partial charge in [0, 0.05) is 11.6 Å². The SMILES string of the molecule is COc1ccccc1N(CC(=O)Nc1cc2ccccc2cn1)S(=O)(=O)c1ccc(C)cc1. The van der Waals surface area contributed by atoms with Crippen molar-refractivity contribution in [2.45, 2.75) is 11.8 Å². The molecule has 33 heavy (non-hydrogen) atoms. The number of hydrogen-bond donors (Lipinski definition) is 1. The zero-order chi connectivity index (χ0) is 23.4. The lowest BCUT2D eigenvalue weighted by molar-refractivity contribution is -0.114.